The van der Waals surface area contributed by atoms with Crippen LogP contribution < -0.4 is 14.2 Å². The van der Waals surface area contributed by atoms with Crippen LogP contribution in [0.15, 0.2) is 97.6 Å². The Kier molecular flexibility index (Phi) is 12.9. The molecular formula is C34H36O8. The molecule has 0 aliphatic heterocycles. The van der Waals surface area contributed by atoms with Crippen molar-refractivity contribution >= 4 is 17.9 Å². The van der Waals surface area contributed by atoms with Crippen molar-refractivity contribution in [2.24, 2.45) is 0 Å². The highest BCUT2D eigenvalue weighted by Gasteiger charge is 2.10. The van der Waals surface area contributed by atoms with Gasteiger partial charge in [-0.25, -0.2) is 14.4 Å². The maximum atomic E-state index is 12.6. The summed E-state index contributed by atoms with van der Waals surface area (Å²) in [6, 6.07) is 21.6. The minimum atomic E-state index is -0.457. The largest absolute Gasteiger partial charge is 0.494 e. The van der Waals surface area contributed by atoms with Crippen LogP contribution in [0.3, 0.4) is 0 Å². The molecular weight excluding hydrogens is 536 g/mol. The normalized spacial score (nSPS) is 10.3. The van der Waals surface area contributed by atoms with Crippen molar-refractivity contribution in [2.45, 2.75) is 32.6 Å². The fourth-order valence-electron chi connectivity index (χ4n) is 3.71. The lowest BCUT2D eigenvalue weighted by atomic mass is 10.1. The van der Waals surface area contributed by atoms with Crippen LogP contribution in [0.25, 0.3) is 11.1 Å². The first kappa shape index (κ1) is 31.7. The van der Waals surface area contributed by atoms with E-state index in [0.29, 0.717) is 41.6 Å². The third-order valence-electron chi connectivity index (χ3n) is 5.99. The number of benzene rings is 3. The molecule has 0 heterocycles. The van der Waals surface area contributed by atoms with E-state index in [4.69, 9.17) is 23.7 Å². The fraction of sp³-hybridized carbons (Fsp3) is 0.265. The molecule has 0 atom stereocenters. The Labute approximate surface area is 246 Å². The first-order valence-corrected chi connectivity index (χ1v) is 13.8. The van der Waals surface area contributed by atoms with Crippen molar-refractivity contribution in [1.82, 2.24) is 0 Å². The lowest BCUT2D eigenvalue weighted by molar-refractivity contribution is -0.140. The lowest BCUT2D eigenvalue weighted by Crippen LogP contribution is -2.12. The highest BCUT2D eigenvalue weighted by molar-refractivity contribution is 5.91. The van der Waals surface area contributed by atoms with Gasteiger partial charge in [-0.3, -0.25) is 0 Å². The molecule has 0 saturated heterocycles. The van der Waals surface area contributed by atoms with E-state index < -0.39 is 17.9 Å². The van der Waals surface area contributed by atoms with Crippen molar-refractivity contribution in [3.05, 3.63) is 103 Å². The number of carbonyl (C=O) groups excluding carboxylic acids is 3. The number of esters is 3. The van der Waals surface area contributed by atoms with Crippen LogP contribution in [0.5, 0.6) is 17.2 Å². The van der Waals surface area contributed by atoms with E-state index >= 15 is 0 Å². The quantitative estimate of drug-likeness (QED) is 0.0759. The van der Waals surface area contributed by atoms with E-state index in [-0.39, 0.29) is 13.2 Å². The van der Waals surface area contributed by atoms with Gasteiger partial charge in [0.15, 0.2) is 0 Å². The first-order chi connectivity index (χ1) is 20.4. The second-order valence-electron chi connectivity index (χ2n) is 9.36. The van der Waals surface area contributed by atoms with E-state index in [1.165, 1.54) is 0 Å². The Morgan fingerprint density at radius 1 is 0.643 bits per heavy atom. The SMILES string of the molecule is C=CC(=O)OCCCCCCOc1ccc(C(=O)Oc2ccc(-c3ccc(OCCOC(=O)C(=C)C)cc3)cc2)cc1. The molecule has 0 unspecified atom stereocenters. The minimum Gasteiger partial charge on any atom is -0.494 e. The van der Waals surface area contributed by atoms with Gasteiger partial charge in [0.05, 0.1) is 18.8 Å². The smallest absolute Gasteiger partial charge is 0.343 e. The average molecular weight is 573 g/mol. The molecule has 8 heteroatoms. The van der Waals surface area contributed by atoms with Crippen LogP contribution in [0, 0.1) is 0 Å². The number of hydrogen-bond donors (Lipinski definition) is 0. The summed E-state index contributed by atoms with van der Waals surface area (Å²) in [4.78, 5) is 35.0. The molecule has 0 aromatic heterocycles. The third kappa shape index (κ3) is 11.0. The summed E-state index contributed by atoms with van der Waals surface area (Å²) in [7, 11) is 0. The Bertz CT molecular complexity index is 1330. The van der Waals surface area contributed by atoms with Gasteiger partial charge in [-0.1, -0.05) is 37.4 Å². The van der Waals surface area contributed by atoms with Crippen LogP contribution in [-0.2, 0) is 19.1 Å². The molecule has 42 heavy (non-hydrogen) atoms. The molecule has 3 aromatic rings. The Balaban J connectivity index is 1.38. The van der Waals surface area contributed by atoms with Gasteiger partial charge in [0, 0.05) is 11.6 Å². The monoisotopic (exact) mass is 572 g/mol. The Hall–Kier alpha value is -4.85. The summed E-state index contributed by atoms with van der Waals surface area (Å²) in [6.07, 6.45) is 4.75. The van der Waals surface area contributed by atoms with Crippen LogP contribution in [0.1, 0.15) is 43.0 Å². The molecule has 8 nitrogen and oxygen atoms in total. The van der Waals surface area contributed by atoms with Crippen molar-refractivity contribution in [3.63, 3.8) is 0 Å². The molecule has 0 amide bonds. The molecule has 220 valence electrons. The van der Waals surface area contributed by atoms with E-state index in [2.05, 4.69) is 13.2 Å². The maximum absolute atomic E-state index is 12.6. The standard InChI is InChI=1S/C34H36O8/c1-4-32(35)40-22-8-6-5-7-21-38-29-17-13-28(14-18-29)34(37)42-31-19-11-27(12-20-31)26-9-15-30(16-10-26)39-23-24-41-33(36)25(2)3/h4,9-20H,1-2,5-8,21-24H2,3H3. The molecule has 3 aromatic carbocycles. The van der Waals surface area contributed by atoms with Crippen molar-refractivity contribution in [3.8, 4) is 28.4 Å². The molecule has 0 fully saturated rings. The van der Waals surface area contributed by atoms with Gasteiger partial charge in [-0.2, -0.15) is 0 Å². The zero-order chi connectivity index (χ0) is 30.2. The summed E-state index contributed by atoms with van der Waals surface area (Å²) in [5, 5.41) is 0. The van der Waals surface area contributed by atoms with Gasteiger partial charge in [-0.05, 0) is 92.3 Å². The fourth-order valence-corrected chi connectivity index (χ4v) is 3.71. The van der Waals surface area contributed by atoms with Gasteiger partial charge < -0.3 is 23.7 Å². The molecule has 3 rings (SSSR count). The number of rotatable bonds is 17. The summed E-state index contributed by atoms with van der Waals surface area (Å²) in [5.74, 6) is 0.488. The van der Waals surface area contributed by atoms with Gasteiger partial charge in [-0.15, -0.1) is 0 Å². The van der Waals surface area contributed by atoms with Crippen LogP contribution >= 0.6 is 0 Å². The minimum absolute atomic E-state index is 0.145. The summed E-state index contributed by atoms with van der Waals surface area (Å²) < 4.78 is 26.8. The van der Waals surface area contributed by atoms with Crippen LogP contribution in [0.2, 0.25) is 0 Å². The number of carbonyl (C=O) groups is 3. The van der Waals surface area contributed by atoms with Gasteiger partial charge in [0.25, 0.3) is 0 Å². The summed E-state index contributed by atoms with van der Waals surface area (Å²) in [6.45, 7) is 9.84. The molecule has 0 bridgehead atoms. The number of unbranched alkanes of at least 4 members (excludes halogenated alkanes) is 3. The maximum Gasteiger partial charge on any atom is 0.343 e. The second-order valence-corrected chi connectivity index (χ2v) is 9.36. The topological polar surface area (TPSA) is 97.4 Å². The van der Waals surface area contributed by atoms with E-state index in [9.17, 15) is 14.4 Å². The molecule has 0 saturated carbocycles. The zero-order valence-corrected chi connectivity index (χ0v) is 23.8. The predicted octanol–water partition coefficient (Wildman–Crippen LogP) is 6.74. The molecule has 0 radical (unpaired) electrons. The molecule has 0 spiro atoms. The highest BCUT2D eigenvalue weighted by Crippen LogP contribution is 2.25. The van der Waals surface area contributed by atoms with Gasteiger partial charge in [0.2, 0.25) is 0 Å². The van der Waals surface area contributed by atoms with E-state index in [0.717, 1.165) is 42.9 Å². The summed E-state index contributed by atoms with van der Waals surface area (Å²) >= 11 is 0. The average Bonchev–Trinajstić information content (AvgIpc) is 3.01. The van der Waals surface area contributed by atoms with Gasteiger partial charge >= 0.3 is 17.9 Å². The lowest BCUT2D eigenvalue weighted by Gasteiger charge is -2.09. The van der Waals surface area contributed by atoms with E-state index in [1.807, 2.05) is 36.4 Å². The second kappa shape index (κ2) is 17.1. The third-order valence-corrected chi connectivity index (χ3v) is 5.99. The highest BCUT2D eigenvalue weighted by atomic mass is 16.6. The Morgan fingerprint density at radius 3 is 1.74 bits per heavy atom. The number of ether oxygens (including phenoxy) is 5. The first-order valence-electron chi connectivity index (χ1n) is 13.8. The predicted molar refractivity (Wildman–Crippen MR) is 160 cm³/mol. The van der Waals surface area contributed by atoms with Crippen molar-refractivity contribution < 1.29 is 38.1 Å². The molecule has 0 N–H and O–H groups in total. The van der Waals surface area contributed by atoms with Gasteiger partial charge in [0.1, 0.15) is 30.5 Å². The molecule has 0 aliphatic carbocycles. The zero-order valence-electron chi connectivity index (χ0n) is 23.8. The van der Waals surface area contributed by atoms with Crippen LogP contribution in [-0.4, -0.2) is 44.3 Å². The van der Waals surface area contributed by atoms with E-state index in [1.54, 1.807) is 43.3 Å². The van der Waals surface area contributed by atoms with Crippen LogP contribution in [0.4, 0.5) is 0 Å². The van der Waals surface area contributed by atoms with Crippen molar-refractivity contribution in [1.29, 1.82) is 0 Å². The van der Waals surface area contributed by atoms with Crippen molar-refractivity contribution in [2.75, 3.05) is 26.4 Å². The number of hydrogen-bond acceptors (Lipinski definition) is 8. The summed E-state index contributed by atoms with van der Waals surface area (Å²) in [5.41, 5.74) is 2.70. The Morgan fingerprint density at radius 2 is 1.17 bits per heavy atom. The molecule has 0 aliphatic rings.